The van der Waals surface area contributed by atoms with Crippen LogP contribution >= 0.6 is 15.6 Å². The van der Waals surface area contributed by atoms with Gasteiger partial charge in [0.2, 0.25) is 0 Å². The van der Waals surface area contributed by atoms with Gasteiger partial charge in [0.1, 0.15) is 18.5 Å². The molecule has 1 fully saturated rings. The largest absolute Gasteiger partial charge is 0.472 e. The summed E-state index contributed by atoms with van der Waals surface area (Å²) in [5, 5.41) is 30.6. The zero-order chi connectivity index (χ0) is 51.2. The summed E-state index contributed by atoms with van der Waals surface area (Å²) in [5.74, 6) is -0.981. The number of phosphoric acid groups is 2. The zero-order valence-corrected chi connectivity index (χ0v) is 44.6. The SMILES string of the molecule is CCCCC[C@H](O)/C=C/[C@H]1[C@H](O)CC(=O)[C@@H]1CCCCCCC(=O)O[C@H](COC(=O)CCCCCCCCCCCCCCCCCCCCC(C)CC)COP(=O)(O)OC[C@@H](O)COP(=O)(O)O. The van der Waals surface area contributed by atoms with Crippen LogP contribution in [0.4, 0.5) is 0 Å². The second-order valence-electron chi connectivity index (χ2n) is 19.5. The molecule has 0 spiro atoms. The minimum absolute atomic E-state index is 0.00356. The minimum atomic E-state index is -4.90. The number of carbonyl (C=O) groups excluding carboxylic acids is 3. The number of unbranched alkanes of at least 4 members (excludes halogenated alkanes) is 22. The summed E-state index contributed by atoms with van der Waals surface area (Å²) in [7, 11) is -9.78. The van der Waals surface area contributed by atoms with E-state index in [0.717, 1.165) is 44.4 Å². The van der Waals surface area contributed by atoms with Gasteiger partial charge in [0, 0.05) is 31.1 Å². The first-order chi connectivity index (χ1) is 33.0. The molecule has 8 atom stereocenters. The monoisotopic (exact) mass is 1030 g/mol. The van der Waals surface area contributed by atoms with Crippen LogP contribution < -0.4 is 0 Å². The lowest BCUT2D eigenvalue weighted by molar-refractivity contribution is -0.161. The van der Waals surface area contributed by atoms with E-state index in [9.17, 15) is 43.7 Å². The second kappa shape index (κ2) is 40.9. The second-order valence-corrected chi connectivity index (χ2v) is 22.2. The fourth-order valence-corrected chi connectivity index (χ4v) is 9.73. The Hall–Kier alpha value is -1.55. The molecule has 0 aromatic rings. The lowest BCUT2D eigenvalue weighted by atomic mass is 9.88. The van der Waals surface area contributed by atoms with E-state index in [1.165, 1.54) is 103 Å². The third-order valence-corrected chi connectivity index (χ3v) is 14.5. The molecule has 18 heteroatoms. The molecule has 0 radical (unpaired) electrons. The number of carbonyl (C=O) groups is 3. The van der Waals surface area contributed by atoms with Crippen molar-refractivity contribution in [2.45, 2.75) is 251 Å². The Morgan fingerprint density at radius 2 is 1.12 bits per heavy atom. The number of ether oxygens (including phenoxy) is 2. The van der Waals surface area contributed by atoms with Crippen molar-refractivity contribution in [3.05, 3.63) is 12.2 Å². The standard InChI is InChI=1S/C51H96O16P2/c1-4-6-25-31-43(52)35-36-47-46(48(54)37-49(47)55)32-27-23-24-29-34-51(57)67-45(41-66-69(61,62)65-39-44(53)38-64-68(58,59)60)40-63-50(56)33-28-22-20-18-16-14-12-10-8-7-9-11-13-15-17-19-21-26-30-42(3)5-2/h35-36,42-47,49,52-53,55H,4-34,37-41H2,1-3H3,(H,61,62)(H2,58,59,60)/b36-35+/t42?,43-,44-,45+,46+,47+,49+/m0/s1. The first-order valence-electron chi connectivity index (χ1n) is 26.9. The number of aliphatic hydroxyl groups is 3. The van der Waals surface area contributed by atoms with Gasteiger partial charge in [-0.15, -0.1) is 0 Å². The van der Waals surface area contributed by atoms with Crippen molar-refractivity contribution >= 4 is 33.4 Å². The van der Waals surface area contributed by atoms with Crippen molar-refractivity contribution in [1.82, 2.24) is 0 Å². The molecule has 1 rings (SSSR count). The van der Waals surface area contributed by atoms with Crippen LogP contribution in [0.1, 0.15) is 226 Å². The molecule has 0 saturated heterocycles. The highest BCUT2D eigenvalue weighted by atomic mass is 31.2. The number of esters is 2. The highest BCUT2D eigenvalue weighted by molar-refractivity contribution is 7.47. The summed E-state index contributed by atoms with van der Waals surface area (Å²) in [4.78, 5) is 65.9. The van der Waals surface area contributed by atoms with E-state index < -0.39 is 78.4 Å². The van der Waals surface area contributed by atoms with Gasteiger partial charge in [-0.25, -0.2) is 9.13 Å². The molecule has 16 nitrogen and oxygen atoms in total. The molecule has 0 aromatic heterocycles. The normalized spacial score (nSPS) is 19.1. The summed E-state index contributed by atoms with van der Waals surface area (Å²) in [5.41, 5.74) is 0. The predicted molar refractivity (Wildman–Crippen MR) is 268 cm³/mol. The van der Waals surface area contributed by atoms with Gasteiger partial charge in [0.05, 0.1) is 32.0 Å². The van der Waals surface area contributed by atoms with Crippen LogP contribution in [-0.2, 0) is 46.6 Å². The Morgan fingerprint density at radius 3 is 1.65 bits per heavy atom. The topological polar surface area (TPSA) is 253 Å². The first-order valence-corrected chi connectivity index (χ1v) is 29.9. The third kappa shape index (κ3) is 37.8. The third-order valence-electron chi connectivity index (χ3n) is 13.1. The number of Topliss-reactive ketones (excluding diaryl/α,β-unsaturated/α-hetero) is 1. The van der Waals surface area contributed by atoms with Crippen LogP contribution in [0, 0.1) is 17.8 Å². The molecule has 0 heterocycles. The highest BCUT2D eigenvalue weighted by Gasteiger charge is 2.39. The lowest BCUT2D eigenvalue weighted by Gasteiger charge is -2.20. The molecule has 0 aliphatic heterocycles. The van der Waals surface area contributed by atoms with Crippen molar-refractivity contribution in [2.24, 2.45) is 17.8 Å². The fourth-order valence-electron chi connectivity index (χ4n) is 8.58. The summed E-state index contributed by atoms with van der Waals surface area (Å²) in [6.45, 7) is 3.82. The number of hydrogen-bond donors (Lipinski definition) is 6. The average molecular weight is 1030 g/mol. The van der Waals surface area contributed by atoms with E-state index in [1.54, 1.807) is 12.2 Å². The molecule has 406 valence electrons. The van der Waals surface area contributed by atoms with E-state index in [2.05, 4.69) is 25.3 Å². The summed E-state index contributed by atoms with van der Waals surface area (Å²) in [6, 6.07) is 0. The number of rotatable bonds is 47. The molecule has 1 saturated carbocycles. The zero-order valence-electron chi connectivity index (χ0n) is 42.8. The number of ketones is 1. The van der Waals surface area contributed by atoms with Gasteiger partial charge in [-0.2, -0.15) is 0 Å². The molecular formula is C51H96O16P2. The molecule has 0 aromatic carbocycles. The van der Waals surface area contributed by atoms with Gasteiger partial charge >= 0.3 is 27.6 Å². The van der Waals surface area contributed by atoms with Gasteiger partial charge in [0.25, 0.3) is 0 Å². The fraction of sp³-hybridized carbons (Fsp3) is 0.902. The summed E-state index contributed by atoms with van der Waals surface area (Å²) >= 11 is 0. The molecule has 2 unspecified atom stereocenters. The van der Waals surface area contributed by atoms with Gasteiger partial charge in [0.15, 0.2) is 6.10 Å². The number of hydrogen-bond acceptors (Lipinski definition) is 13. The molecule has 1 aliphatic carbocycles. The van der Waals surface area contributed by atoms with Gasteiger partial charge in [-0.05, 0) is 31.6 Å². The number of phosphoric ester groups is 2. The van der Waals surface area contributed by atoms with Crippen molar-refractivity contribution in [3.8, 4) is 0 Å². The maximum Gasteiger partial charge on any atom is 0.472 e. The Labute approximate surface area is 415 Å². The van der Waals surface area contributed by atoms with Crippen molar-refractivity contribution < 1.29 is 76.6 Å². The molecule has 0 bridgehead atoms. The summed E-state index contributed by atoms with van der Waals surface area (Å²) in [6.07, 6.45) is 30.9. The van der Waals surface area contributed by atoms with Crippen LogP contribution in [0.25, 0.3) is 0 Å². The van der Waals surface area contributed by atoms with E-state index in [1.807, 2.05) is 0 Å². The van der Waals surface area contributed by atoms with Gasteiger partial charge in [-0.3, -0.25) is 28.0 Å². The van der Waals surface area contributed by atoms with Crippen molar-refractivity contribution in [3.63, 3.8) is 0 Å². The predicted octanol–water partition coefficient (Wildman–Crippen LogP) is 11.3. The van der Waals surface area contributed by atoms with Crippen molar-refractivity contribution in [1.29, 1.82) is 0 Å². The molecule has 69 heavy (non-hydrogen) atoms. The van der Waals surface area contributed by atoms with Crippen LogP contribution in [0.2, 0.25) is 0 Å². The molecule has 6 N–H and O–H groups in total. The van der Waals surface area contributed by atoms with Gasteiger partial charge < -0.3 is 39.5 Å². The van der Waals surface area contributed by atoms with E-state index in [4.69, 9.17) is 28.3 Å². The minimum Gasteiger partial charge on any atom is -0.462 e. The molecular weight excluding hydrogens is 930 g/mol. The van der Waals surface area contributed by atoms with Crippen LogP contribution in [0.3, 0.4) is 0 Å². The Morgan fingerprint density at radius 1 is 0.638 bits per heavy atom. The Kier molecular flexibility index (Phi) is 38.8. The lowest BCUT2D eigenvalue weighted by Crippen LogP contribution is -2.30. The molecule has 0 amide bonds. The van der Waals surface area contributed by atoms with Gasteiger partial charge in [-0.1, -0.05) is 193 Å². The average Bonchev–Trinajstić information content (AvgIpc) is 3.57. The van der Waals surface area contributed by atoms with E-state index in [0.29, 0.717) is 44.9 Å². The number of aliphatic hydroxyl groups excluding tert-OH is 3. The quantitative estimate of drug-likeness (QED) is 0.0143. The van der Waals surface area contributed by atoms with Crippen LogP contribution in [-0.4, -0.2) is 98.6 Å². The van der Waals surface area contributed by atoms with E-state index in [-0.39, 0.29) is 36.9 Å². The maximum absolute atomic E-state index is 12.9. The van der Waals surface area contributed by atoms with Crippen LogP contribution in [0.15, 0.2) is 12.2 Å². The molecule has 1 aliphatic rings. The Balaban J connectivity index is 2.41. The smallest absolute Gasteiger partial charge is 0.462 e. The highest BCUT2D eigenvalue weighted by Crippen LogP contribution is 2.44. The van der Waals surface area contributed by atoms with E-state index >= 15 is 0 Å². The van der Waals surface area contributed by atoms with Crippen LogP contribution in [0.5, 0.6) is 0 Å². The maximum atomic E-state index is 12.9. The summed E-state index contributed by atoms with van der Waals surface area (Å²) < 4.78 is 48.0. The first kappa shape index (κ1) is 65.5. The van der Waals surface area contributed by atoms with Crippen molar-refractivity contribution in [2.75, 3.05) is 26.4 Å². The Bertz CT molecular complexity index is 1440.